The van der Waals surface area contributed by atoms with Gasteiger partial charge in [0.1, 0.15) is 5.75 Å². The number of likely N-dealkylation sites (N-methyl/N-ethyl adjacent to an activating group) is 1. The average Bonchev–Trinajstić information content (AvgIpc) is 3.59. The van der Waals surface area contributed by atoms with E-state index in [4.69, 9.17) is 14.1 Å². The molecule has 2 aliphatic rings. The summed E-state index contributed by atoms with van der Waals surface area (Å²) in [7, 11) is 1.74. The van der Waals surface area contributed by atoms with Crippen molar-refractivity contribution in [1.82, 2.24) is 15.2 Å². The lowest BCUT2D eigenvalue weighted by Crippen LogP contribution is -2.78. The number of hydrogen-bond acceptors (Lipinski definition) is 5. The fourth-order valence-electron chi connectivity index (χ4n) is 4.49. The van der Waals surface area contributed by atoms with Gasteiger partial charge in [0.25, 0.3) is 17.9 Å². The van der Waals surface area contributed by atoms with Crippen LogP contribution < -0.4 is 15.0 Å². The van der Waals surface area contributed by atoms with Crippen molar-refractivity contribution in [3.8, 4) is 11.5 Å². The Balaban J connectivity index is 1.40. The van der Waals surface area contributed by atoms with Crippen molar-refractivity contribution in [3.05, 3.63) is 108 Å². The lowest BCUT2D eigenvalue weighted by molar-refractivity contribution is -0.467. The molecule has 37 heavy (non-hydrogen) atoms. The van der Waals surface area contributed by atoms with E-state index in [0.717, 1.165) is 16.7 Å². The second-order valence-electron chi connectivity index (χ2n) is 8.74. The van der Waals surface area contributed by atoms with E-state index in [0.29, 0.717) is 34.1 Å². The third-order valence-electron chi connectivity index (χ3n) is 6.31. The van der Waals surface area contributed by atoms with Gasteiger partial charge in [-0.1, -0.05) is 36.4 Å². The van der Waals surface area contributed by atoms with Gasteiger partial charge in [0, 0.05) is 41.6 Å². The predicted molar refractivity (Wildman–Crippen MR) is 138 cm³/mol. The van der Waals surface area contributed by atoms with Crippen LogP contribution in [-0.4, -0.2) is 41.0 Å². The number of para-hydroxylation sites is 1. The number of carbonyl (C=O) groups excluding carboxylic acids is 2. The van der Waals surface area contributed by atoms with E-state index < -0.39 is 6.04 Å². The monoisotopic (exact) mass is 491 g/mol. The Bertz CT molecular complexity index is 1600. The SMILES string of the molecule is CN1C=C(c2ccc3oc(CNC(=O)c4ccccc4)nc3c2Oc2ccccc2)C2=CC=[NH+]C2C1=O. The van der Waals surface area contributed by atoms with E-state index in [1.165, 1.54) is 0 Å². The number of nitrogens with zero attached hydrogens (tertiary/aromatic N) is 2. The zero-order valence-electron chi connectivity index (χ0n) is 20.0. The lowest BCUT2D eigenvalue weighted by Gasteiger charge is -2.25. The molecule has 0 fully saturated rings. The van der Waals surface area contributed by atoms with Crippen molar-refractivity contribution < 1.29 is 23.7 Å². The molecule has 4 aromatic rings. The van der Waals surface area contributed by atoms with E-state index in [9.17, 15) is 9.59 Å². The van der Waals surface area contributed by atoms with E-state index in [1.54, 1.807) is 30.3 Å². The minimum Gasteiger partial charge on any atom is -0.454 e. The Morgan fingerprint density at radius 1 is 1.08 bits per heavy atom. The van der Waals surface area contributed by atoms with E-state index in [1.807, 2.05) is 72.9 Å². The maximum Gasteiger partial charge on any atom is 0.299 e. The van der Waals surface area contributed by atoms with Crippen LogP contribution in [0.1, 0.15) is 21.8 Å². The van der Waals surface area contributed by atoms with Gasteiger partial charge >= 0.3 is 0 Å². The molecular weight excluding hydrogens is 468 g/mol. The third-order valence-corrected chi connectivity index (χ3v) is 6.31. The summed E-state index contributed by atoms with van der Waals surface area (Å²) in [6.45, 7) is 0.120. The van der Waals surface area contributed by atoms with Crippen molar-refractivity contribution in [2.75, 3.05) is 7.05 Å². The van der Waals surface area contributed by atoms with Crippen LogP contribution in [-0.2, 0) is 11.3 Å². The largest absolute Gasteiger partial charge is 0.454 e. The number of amides is 2. The minimum absolute atomic E-state index is 0.0340. The van der Waals surface area contributed by atoms with Gasteiger partial charge in [-0.05, 0) is 36.4 Å². The highest BCUT2D eigenvalue weighted by Gasteiger charge is 2.39. The van der Waals surface area contributed by atoms with Gasteiger partial charge in [0.15, 0.2) is 23.1 Å². The zero-order chi connectivity index (χ0) is 25.4. The van der Waals surface area contributed by atoms with Crippen LogP contribution in [0.15, 0.2) is 95.1 Å². The maximum atomic E-state index is 12.7. The molecular formula is C29H23N4O4+. The van der Waals surface area contributed by atoms with Gasteiger partial charge in [0.2, 0.25) is 5.89 Å². The Labute approximate surface area is 212 Å². The molecule has 0 saturated heterocycles. The molecule has 2 N–H and O–H groups in total. The number of carbonyl (C=O) groups is 2. The molecule has 1 unspecified atom stereocenters. The smallest absolute Gasteiger partial charge is 0.299 e. The number of allylic oxidation sites excluding steroid dienone is 1. The van der Waals surface area contributed by atoms with Gasteiger partial charge in [0.05, 0.1) is 6.54 Å². The van der Waals surface area contributed by atoms with Gasteiger partial charge in [-0.2, -0.15) is 0 Å². The van der Waals surface area contributed by atoms with Crippen molar-refractivity contribution in [1.29, 1.82) is 0 Å². The second-order valence-corrected chi connectivity index (χ2v) is 8.74. The van der Waals surface area contributed by atoms with Crippen molar-refractivity contribution in [2.24, 2.45) is 0 Å². The fourth-order valence-corrected chi connectivity index (χ4v) is 4.49. The van der Waals surface area contributed by atoms with Crippen molar-refractivity contribution in [2.45, 2.75) is 12.6 Å². The quantitative estimate of drug-likeness (QED) is 0.432. The number of rotatable bonds is 6. The molecule has 8 nitrogen and oxygen atoms in total. The molecule has 3 aromatic carbocycles. The molecule has 1 aromatic heterocycles. The van der Waals surface area contributed by atoms with Gasteiger partial charge in [-0.15, -0.1) is 0 Å². The number of ether oxygens (including phenoxy) is 1. The third kappa shape index (κ3) is 4.18. The van der Waals surface area contributed by atoms with E-state index >= 15 is 0 Å². The van der Waals surface area contributed by atoms with Crippen LogP contribution in [0, 0.1) is 0 Å². The molecule has 6 rings (SSSR count). The highest BCUT2D eigenvalue weighted by molar-refractivity contribution is 6.03. The Morgan fingerprint density at radius 2 is 1.84 bits per heavy atom. The van der Waals surface area contributed by atoms with Gasteiger partial charge < -0.3 is 19.4 Å². The summed E-state index contributed by atoms with van der Waals surface area (Å²) in [5.74, 6) is 1.25. The molecule has 0 spiro atoms. The standard InChI is InChI=1S/C29H22N4O4/c1-33-17-22(20-14-15-30-25(20)29(33)35)21-12-13-23-26(27(21)36-19-10-6-3-7-11-19)32-24(37-23)16-31-28(34)18-8-4-2-5-9-18/h2-15,17,25H,16H2,1H3,(H,31,34)/p+1. The summed E-state index contributed by atoms with van der Waals surface area (Å²) < 4.78 is 12.4. The molecule has 1 atom stereocenters. The molecule has 2 aliphatic heterocycles. The normalized spacial score (nSPS) is 16.4. The predicted octanol–water partition coefficient (Wildman–Crippen LogP) is 2.82. The van der Waals surface area contributed by atoms with Gasteiger partial charge in [-0.25, -0.2) is 9.98 Å². The first kappa shape index (κ1) is 22.5. The maximum absolute atomic E-state index is 12.7. The molecule has 0 bridgehead atoms. The van der Waals surface area contributed by atoms with Crippen LogP contribution in [0.25, 0.3) is 16.7 Å². The Hall–Kier alpha value is -4.98. The van der Waals surface area contributed by atoms with E-state index in [2.05, 4.69) is 10.3 Å². The summed E-state index contributed by atoms with van der Waals surface area (Å²) in [6.07, 6.45) is 5.50. The molecule has 0 aliphatic carbocycles. The summed E-state index contributed by atoms with van der Waals surface area (Å²) in [5.41, 5.74) is 4.10. The summed E-state index contributed by atoms with van der Waals surface area (Å²) in [5, 5.41) is 2.85. The lowest BCUT2D eigenvalue weighted by atomic mass is 9.90. The zero-order valence-corrected chi connectivity index (χ0v) is 20.0. The fraction of sp³-hybridized carbons (Fsp3) is 0.103. The number of aromatic nitrogens is 1. The first-order chi connectivity index (χ1) is 18.1. The van der Waals surface area contributed by atoms with Crippen LogP contribution in [0.3, 0.4) is 0 Å². The first-order valence-corrected chi connectivity index (χ1v) is 11.9. The molecule has 0 radical (unpaired) electrons. The Morgan fingerprint density at radius 3 is 2.62 bits per heavy atom. The molecule has 2 amide bonds. The number of oxazole rings is 1. The molecule has 8 heteroatoms. The summed E-state index contributed by atoms with van der Waals surface area (Å²) in [4.78, 5) is 34.6. The number of benzene rings is 3. The van der Waals surface area contributed by atoms with E-state index in [-0.39, 0.29) is 18.4 Å². The average molecular weight is 492 g/mol. The number of nitrogens with one attached hydrogen (secondary N) is 2. The van der Waals surface area contributed by atoms with Crippen LogP contribution in [0.2, 0.25) is 0 Å². The van der Waals surface area contributed by atoms with Crippen LogP contribution in [0.5, 0.6) is 11.5 Å². The number of fused-ring (bicyclic) bond motifs is 2. The molecule has 3 heterocycles. The van der Waals surface area contributed by atoms with Gasteiger partial charge in [-0.3, -0.25) is 9.59 Å². The number of hydrogen-bond donors (Lipinski definition) is 2. The van der Waals surface area contributed by atoms with Crippen LogP contribution >= 0.6 is 0 Å². The summed E-state index contributed by atoms with van der Waals surface area (Å²) >= 11 is 0. The topological polar surface area (TPSA) is 98.6 Å². The van der Waals surface area contributed by atoms with Crippen molar-refractivity contribution >= 4 is 34.7 Å². The van der Waals surface area contributed by atoms with Crippen molar-refractivity contribution in [3.63, 3.8) is 0 Å². The Kier molecular flexibility index (Phi) is 5.61. The second kappa shape index (κ2) is 9.23. The highest BCUT2D eigenvalue weighted by atomic mass is 16.5. The van der Waals surface area contributed by atoms with Crippen LogP contribution in [0.4, 0.5) is 0 Å². The molecule has 182 valence electrons. The minimum atomic E-state index is -0.452. The highest BCUT2D eigenvalue weighted by Crippen LogP contribution is 2.41. The molecule has 0 saturated carbocycles. The first-order valence-electron chi connectivity index (χ1n) is 11.9. The summed E-state index contributed by atoms with van der Waals surface area (Å²) in [6, 6.07) is 21.7.